The van der Waals surface area contributed by atoms with Gasteiger partial charge in [0.05, 0.1) is 5.69 Å². The van der Waals surface area contributed by atoms with Gasteiger partial charge in [0.15, 0.2) is 0 Å². The zero-order valence-electron chi connectivity index (χ0n) is 9.65. The van der Waals surface area contributed by atoms with Gasteiger partial charge in [-0.3, -0.25) is 0 Å². The predicted molar refractivity (Wildman–Crippen MR) is 59.6 cm³/mol. The van der Waals surface area contributed by atoms with Crippen LogP contribution < -0.4 is 0 Å². The number of nitrogens with zero attached hydrogens (tertiary/aromatic N) is 2. The van der Waals surface area contributed by atoms with Crippen molar-refractivity contribution in [1.29, 1.82) is 0 Å². The van der Waals surface area contributed by atoms with E-state index in [1.54, 1.807) is 0 Å². The van der Waals surface area contributed by atoms with Gasteiger partial charge in [0.1, 0.15) is 6.23 Å². The first-order valence-electron chi connectivity index (χ1n) is 5.91. The van der Waals surface area contributed by atoms with Gasteiger partial charge in [0, 0.05) is 12.8 Å². The fourth-order valence-corrected chi connectivity index (χ4v) is 2.00. The monoisotopic (exact) mass is 208 g/mol. The van der Waals surface area contributed by atoms with Crippen molar-refractivity contribution in [3.8, 4) is 0 Å². The van der Waals surface area contributed by atoms with Crippen LogP contribution in [0.25, 0.3) is 0 Å². The number of hydrogen-bond acceptors (Lipinski definition) is 2. The third-order valence-electron chi connectivity index (χ3n) is 2.73. The molecule has 0 N–H and O–H groups in total. The molecule has 1 saturated heterocycles. The summed E-state index contributed by atoms with van der Waals surface area (Å²) in [6.07, 6.45) is 6.83. The van der Waals surface area contributed by atoms with Gasteiger partial charge in [-0.25, -0.2) is 4.68 Å². The van der Waals surface area contributed by atoms with Crippen LogP contribution in [-0.2, 0) is 11.2 Å². The second-order valence-corrected chi connectivity index (χ2v) is 4.71. The Hall–Kier alpha value is -0.830. The van der Waals surface area contributed by atoms with Crippen LogP contribution in [0.2, 0.25) is 0 Å². The highest BCUT2D eigenvalue weighted by molar-refractivity contribution is 5.00. The molecule has 1 aromatic heterocycles. The molecule has 0 bridgehead atoms. The first-order valence-corrected chi connectivity index (χ1v) is 5.91. The number of rotatable bonds is 3. The summed E-state index contributed by atoms with van der Waals surface area (Å²) in [6, 6.07) is 2.11. The van der Waals surface area contributed by atoms with E-state index in [2.05, 4.69) is 25.0 Å². The molecular formula is C12H20N2O. The van der Waals surface area contributed by atoms with Crippen LogP contribution in [0.4, 0.5) is 0 Å². The van der Waals surface area contributed by atoms with Gasteiger partial charge in [-0.15, -0.1) is 0 Å². The largest absolute Gasteiger partial charge is 0.357 e. The highest BCUT2D eigenvalue weighted by Gasteiger charge is 2.16. The molecule has 2 rings (SSSR count). The lowest BCUT2D eigenvalue weighted by molar-refractivity contribution is -0.0397. The van der Waals surface area contributed by atoms with Gasteiger partial charge in [-0.05, 0) is 37.7 Å². The molecule has 2 heterocycles. The Labute approximate surface area is 91.4 Å². The summed E-state index contributed by atoms with van der Waals surface area (Å²) in [7, 11) is 0. The summed E-state index contributed by atoms with van der Waals surface area (Å²) in [6.45, 7) is 5.32. The lowest BCUT2D eigenvalue weighted by Crippen LogP contribution is -2.18. The molecule has 0 saturated carbocycles. The molecule has 1 unspecified atom stereocenters. The first kappa shape index (κ1) is 10.7. The molecule has 0 aliphatic carbocycles. The second-order valence-electron chi connectivity index (χ2n) is 4.71. The van der Waals surface area contributed by atoms with Gasteiger partial charge in [-0.2, -0.15) is 5.10 Å². The summed E-state index contributed by atoms with van der Waals surface area (Å²) in [5.74, 6) is 0.667. The lowest BCUT2D eigenvalue weighted by Gasteiger charge is -2.22. The third kappa shape index (κ3) is 2.81. The van der Waals surface area contributed by atoms with Crippen LogP contribution in [0.5, 0.6) is 0 Å². The molecule has 3 nitrogen and oxygen atoms in total. The molecule has 1 atom stereocenters. The van der Waals surface area contributed by atoms with E-state index in [9.17, 15) is 0 Å². The molecule has 1 aliphatic heterocycles. The first-order chi connectivity index (χ1) is 7.25. The van der Waals surface area contributed by atoms with Gasteiger partial charge >= 0.3 is 0 Å². The van der Waals surface area contributed by atoms with Crippen molar-refractivity contribution >= 4 is 0 Å². The lowest BCUT2D eigenvalue weighted by atomic mass is 10.1. The van der Waals surface area contributed by atoms with E-state index in [0.29, 0.717) is 5.92 Å². The van der Waals surface area contributed by atoms with Gasteiger partial charge < -0.3 is 4.74 Å². The maximum Gasteiger partial charge on any atom is 0.150 e. The van der Waals surface area contributed by atoms with E-state index >= 15 is 0 Å². The Morgan fingerprint density at radius 1 is 1.53 bits per heavy atom. The Morgan fingerprint density at radius 3 is 3.07 bits per heavy atom. The smallest absolute Gasteiger partial charge is 0.150 e. The molecule has 15 heavy (non-hydrogen) atoms. The minimum Gasteiger partial charge on any atom is -0.357 e. The summed E-state index contributed by atoms with van der Waals surface area (Å²) >= 11 is 0. The zero-order valence-corrected chi connectivity index (χ0v) is 9.65. The van der Waals surface area contributed by atoms with Crippen molar-refractivity contribution in [2.45, 2.75) is 45.8 Å². The van der Waals surface area contributed by atoms with Crippen molar-refractivity contribution in [2.75, 3.05) is 6.61 Å². The average molecular weight is 208 g/mol. The van der Waals surface area contributed by atoms with E-state index in [0.717, 1.165) is 19.4 Å². The highest BCUT2D eigenvalue weighted by atomic mass is 16.5. The van der Waals surface area contributed by atoms with Crippen LogP contribution in [0.3, 0.4) is 0 Å². The molecule has 0 spiro atoms. The van der Waals surface area contributed by atoms with Crippen molar-refractivity contribution in [3.05, 3.63) is 18.0 Å². The van der Waals surface area contributed by atoms with E-state index in [-0.39, 0.29) is 6.23 Å². The highest BCUT2D eigenvalue weighted by Crippen LogP contribution is 2.21. The van der Waals surface area contributed by atoms with E-state index in [1.807, 2.05) is 10.9 Å². The van der Waals surface area contributed by atoms with Crippen molar-refractivity contribution in [3.63, 3.8) is 0 Å². The minimum atomic E-state index is 0.180. The van der Waals surface area contributed by atoms with E-state index < -0.39 is 0 Å². The van der Waals surface area contributed by atoms with Crippen LogP contribution >= 0.6 is 0 Å². The van der Waals surface area contributed by atoms with Crippen LogP contribution in [0.1, 0.15) is 45.0 Å². The normalized spacial score (nSPS) is 22.2. The van der Waals surface area contributed by atoms with E-state index in [4.69, 9.17) is 4.74 Å². The molecule has 1 aromatic rings. The number of hydrogen-bond donors (Lipinski definition) is 0. The fourth-order valence-electron chi connectivity index (χ4n) is 2.00. The number of aromatic nitrogens is 2. The molecule has 1 fully saturated rings. The quantitative estimate of drug-likeness (QED) is 0.763. The second kappa shape index (κ2) is 4.79. The van der Waals surface area contributed by atoms with Crippen molar-refractivity contribution in [2.24, 2.45) is 5.92 Å². The summed E-state index contributed by atoms with van der Waals surface area (Å²) in [4.78, 5) is 0. The topological polar surface area (TPSA) is 27.1 Å². The fraction of sp³-hybridized carbons (Fsp3) is 0.750. The molecule has 3 heteroatoms. The molecule has 84 valence electrons. The Balaban J connectivity index is 1.99. The van der Waals surface area contributed by atoms with Crippen LogP contribution in [0.15, 0.2) is 12.3 Å². The predicted octanol–water partition coefficient (Wildman–Crippen LogP) is 2.78. The van der Waals surface area contributed by atoms with Crippen molar-refractivity contribution in [1.82, 2.24) is 9.78 Å². The Kier molecular flexibility index (Phi) is 3.41. The molecule has 0 radical (unpaired) electrons. The maximum absolute atomic E-state index is 5.68. The van der Waals surface area contributed by atoms with E-state index in [1.165, 1.54) is 18.5 Å². The molecule has 0 amide bonds. The minimum absolute atomic E-state index is 0.180. The third-order valence-corrected chi connectivity index (χ3v) is 2.73. The van der Waals surface area contributed by atoms with Gasteiger partial charge in [0.25, 0.3) is 0 Å². The summed E-state index contributed by atoms with van der Waals surface area (Å²) in [5, 5.41) is 4.57. The van der Waals surface area contributed by atoms with Crippen molar-refractivity contribution < 1.29 is 4.74 Å². The van der Waals surface area contributed by atoms with Gasteiger partial charge in [-0.1, -0.05) is 13.8 Å². The average Bonchev–Trinajstić information content (AvgIpc) is 2.67. The standard InChI is InChI=1S/C12H20N2O/c1-10(2)9-11-6-7-14(13-11)12-5-3-4-8-15-12/h6-7,10,12H,3-5,8-9H2,1-2H3. The summed E-state index contributed by atoms with van der Waals surface area (Å²) in [5.41, 5.74) is 1.18. The molecular weight excluding hydrogens is 188 g/mol. The SMILES string of the molecule is CC(C)Cc1ccn(C2CCCCO2)n1. The maximum atomic E-state index is 5.68. The molecule has 1 aliphatic rings. The number of ether oxygens (including phenoxy) is 1. The van der Waals surface area contributed by atoms with Crippen LogP contribution in [-0.4, -0.2) is 16.4 Å². The van der Waals surface area contributed by atoms with Gasteiger partial charge in [0.2, 0.25) is 0 Å². The Bertz CT molecular complexity index is 300. The summed E-state index contributed by atoms with van der Waals surface area (Å²) < 4.78 is 7.67. The van der Waals surface area contributed by atoms with Crippen LogP contribution in [0, 0.1) is 5.92 Å². The zero-order chi connectivity index (χ0) is 10.7. The Morgan fingerprint density at radius 2 is 2.40 bits per heavy atom. The molecule has 0 aromatic carbocycles.